The summed E-state index contributed by atoms with van der Waals surface area (Å²) < 4.78 is 11.8. The van der Waals surface area contributed by atoms with Gasteiger partial charge in [0, 0.05) is 0 Å². The van der Waals surface area contributed by atoms with Crippen LogP contribution in [-0.4, -0.2) is 18.3 Å². The van der Waals surface area contributed by atoms with Crippen LogP contribution < -0.4 is 9.47 Å². The number of ether oxygens (including phenoxy) is 2. The van der Waals surface area contributed by atoms with Crippen LogP contribution in [0.5, 0.6) is 17.2 Å². The van der Waals surface area contributed by atoms with Gasteiger partial charge in [-0.2, -0.15) is 0 Å². The van der Waals surface area contributed by atoms with Crippen molar-refractivity contribution in [2.24, 2.45) is 11.8 Å². The summed E-state index contributed by atoms with van der Waals surface area (Å²) in [4.78, 5) is 0. The average molecular weight is 351 g/mol. The smallest absolute Gasteiger partial charge is 0.200 e. The Hall–Kier alpha value is -1.38. The number of unbranched alkanes of at least 4 members (excludes halogenated alkanes) is 2. The van der Waals surface area contributed by atoms with E-state index in [1.54, 1.807) is 0 Å². The Balaban J connectivity index is 2.59. The Morgan fingerprint density at radius 2 is 1.24 bits per heavy atom. The minimum atomic E-state index is 0.137. The van der Waals surface area contributed by atoms with Crippen LogP contribution in [0.15, 0.2) is 18.2 Å². The van der Waals surface area contributed by atoms with Gasteiger partial charge in [-0.3, -0.25) is 0 Å². The first-order valence-electron chi connectivity index (χ1n) is 10.2. The van der Waals surface area contributed by atoms with E-state index in [1.807, 2.05) is 18.2 Å². The molecule has 144 valence electrons. The fraction of sp³-hybridized carbons (Fsp3) is 0.727. The molecule has 0 aromatic heterocycles. The molecule has 25 heavy (non-hydrogen) atoms. The Morgan fingerprint density at radius 3 is 1.60 bits per heavy atom. The maximum atomic E-state index is 10.5. The van der Waals surface area contributed by atoms with Crippen molar-refractivity contribution in [3.8, 4) is 17.2 Å². The summed E-state index contributed by atoms with van der Waals surface area (Å²) in [7, 11) is 0. The summed E-state index contributed by atoms with van der Waals surface area (Å²) in [5.41, 5.74) is 0. The Labute approximate surface area is 154 Å². The molecule has 1 aromatic rings. The Morgan fingerprint density at radius 1 is 0.800 bits per heavy atom. The van der Waals surface area contributed by atoms with Crippen molar-refractivity contribution >= 4 is 0 Å². The summed E-state index contributed by atoms with van der Waals surface area (Å²) >= 11 is 0. The number of phenols is 1. The molecule has 3 nitrogen and oxygen atoms in total. The average Bonchev–Trinajstić information content (AvgIpc) is 2.64. The van der Waals surface area contributed by atoms with E-state index in [9.17, 15) is 5.11 Å². The van der Waals surface area contributed by atoms with Crippen LogP contribution >= 0.6 is 0 Å². The van der Waals surface area contributed by atoms with Crippen LogP contribution in [0, 0.1) is 11.8 Å². The highest BCUT2D eigenvalue weighted by molar-refractivity contribution is 5.49. The molecule has 2 unspecified atom stereocenters. The summed E-state index contributed by atoms with van der Waals surface area (Å²) in [6, 6.07) is 5.54. The normalized spacial score (nSPS) is 13.4. The number of hydrogen-bond acceptors (Lipinski definition) is 3. The van der Waals surface area contributed by atoms with Gasteiger partial charge in [-0.15, -0.1) is 0 Å². The highest BCUT2D eigenvalue weighted by Gasteiger charge is 2.14. The van der Waals surface area contributed by atoms with Crippen molar-refractivity contribution in [2.45, 2.75) is 79.1 Å². The lowest BCUT2D eigenvalue weighted by molar-refractivity contribution is 0.209. The molecular weight excluding hydrogens is 312 g/mol. The fourth-order valence-electron chi connectivity index (χ4n) is 2.95. The van der Waals surface area contributed by atoms with E-state index in [2.05, 4.69) is 27.7 Å². The standard InChI is InChI=1S/C22H38O3/c1-5-9-12-18(7-3)16-24-20-14-11-15-21(22(20)23)25-17-19(8-4)13-10-6-2/h11,14-15,18-19,23H,5-10,12-13,16-17H2,1-4H3. The predicted molar refractivity (Wildman–Crippen MR) is 106 cm³/mol. The fourth-order valence-corrected chi connectivity index (χ4v) is 2.95. The van der Waals surface area contributed by atoms with Gasteiger partial charge in [0.25, 0.3) is 0 Å². The van der Waals surface area contributed by atoms with Gasteiger partial charge in [-0.05, 0) is 36.8 Å². The lowest BCUT2D eigenvalue weighted by Crippen LogP contribution is -2.12. The van der Waals surface area contributed by atoms with E-state index >= 15 is 0 Å². The summed E-state index contributed by atoms with van der Waals surface area (Å²) in [6.07, 6.45) is 9.45. The van der Waals surface area contributed by atoms with Crippen molar-refractivity contribution in [1.82, 2.24) is 0 Å². The van der Waals surface area contributed by atoms with Crippen molar-refractivity contribution in [3.05, 3.63) is 18.2 Å². The highest BCUT2D eigenvalue weighted by Crippen LogP contribution is 2.36. The molecule has 0 bridgehead atoms. The Bertz CT molecular complexity index is 420. The quantitative estimate of drug-likeness (QED) is 0.412. The third-order valence-electron chi connectivity index (χ3n) is 5.00. The zero-order valence-corrected chi connectivity index (χ0v) is 16.7. The molecule has 0 aliphatic rings. The van der Waals surface area contributed by atoms with Gasteiger partial charge in [-0.1, -0.05) is 72.3 Å². The van der Waals surface area contributed by atoms with Gasteiger partial charge in [0.15, 0.2) is 11.5 Å². The van der Waals surface area contributed by atoms with E-state index in [-0.39, 0.29) is 5.75 Å². The topological polar surface area (TPSA) is 38.7 Å². The van der Waals surface area contributed by atoms with Crippen LogP contribution in [0.4, 0.5) is 0 Å². The number of rotatable bonds is 14. The minimum absolute atomic E-state index is 0.137. The van der Waals surface area contributed by atoms with E-state index in [0.717, 1.165) is 12.8 Å². The van der Waals surface area contributed by atoms with Crippen LogP contribution in [0.3, 0.4) is 0 Å². The lowest BCUT2D eigenvalue weighted by Gasteiger charge is -2.19. The molecule has 1 N–H and O–H groups in total. The second kappa shape index (κ2) is 12.9. The molecule has 0 saturated carbocycles. The van der Waals surface area contributed by atoms with Gasteiger partial charge in [0.05, 0.1) is 13.2 Å². The highest BCUT2D eigenvalue weighted by atomic mass is 16.5. The maximum absolute atomic E-state index is 10.5. The van der Waals surface area contributed by atoms with Crippen LogP contribution in [0.2, 0.25) is 0 Å². The van der Waals surface area contributed by atoms with E-state index in [0.29, 0.717) is 36.5 Å². The molecule has 0 amide bonds. The zero-order valence-electron chi connectivity index (χ0n) is 16.7. The molecule has 0 saturated heterocycles. The lowest BCUT2D eigenvalue weighted by atomic mass is 10.0. The third-order valence-corrected chi connectivity index (χ3v) is 5.00. The largest absolute Gasteiger partial charge is 0.502 e. The van der Waals surface area contributed by atoms with Crippen molar-refractivity contribution < 1.29 is 14.6 Å². The van der Waals surface area contributed by atoms with Crippen molar-refractivity contribution in [3.63, 3.8) is 0 Å². The number of para-hydroxylation sites is 1. The van der Waals surface area contributed by atoms with Gasteiger partial charge in [-0.25, -0.2) is 0 Å². The molecule has 1 rings (SSSR count). The first-order valence-corrected chi connectivity index (χ1v) is 10.2. The molecule has 3 heteroatoms. The van der Waals surface area contributed by atoms with Crippen molar-refractivity contribution in [1.29, 1.82) is 0 Å². The van der Waals surface area contributed by atoms with Crippen molar-refractivity contribution in [2.75, 3.05) is 13.2 Å². The van der Waals surface area contributed by atoms with E-state index in [4.69, 9.17) is 9.47 Å². The second-order valence-electron chi connectivity index (χ2n) is 7.06. The maximum Gasteiger partial charge on any atom is 0.200 e. The van der Waals surface area contributed by atoms with Crippen LogP contribution in [-0.2, 0) is 0 Å². The minimum Gasteiger partial charge on any atom is -0.502 e. The molecule has 0 radical (unpaired) electrons. The zero-order chi connectivity index (χ0) is 18.5. The number of phenolic OH excluding ortho intramolecular Hbond substituents is 1. The molecule has 1 aromatic carbocycles. The summed E-state index contributed by atoms with van der Waals surface area (Å²) in [5, 5.41) is 10.5. The van der Waals surface area contributed by atoms with Gasteiger partial charge >= 0.3 is 0 Å². The summed E-state index contributed by atoms with van der Waals surface area (Å²) in [6.45, 7) is 10.1. The van der Waals surface area contributed by atoms with Gasteiger partial charge in [0.1, 0.15) is 0 Å². The first-order chi connectivity index (χ1) is 12.2. The second-order valence-corrected chi connectivity index (χ2v) is 7.06. The monoisotopic (exact) mass is 350 g/mol. The summed E-state index contributed by atoms with van der Waals surface area (Å²) in [5.74, 6) is 2.30. The number of aromatic hydroxyl groups is 1. The molecule has 2 atom stereocenters. The third kappa shape index (κ3) is 8.02. The first kappa shape index (κ1) is 21.7. The molecule has 0 heterocycles. The molecule has 0 aliphatic carbocycles. The van der Waals surface area contributed by atoms with E-state index in [1.165, 1.54) is 38.5 Å². The Kier molecular flexibility index (Phi) is 11.2. The number of benzene rings is 1. The SMILES string of the molecule is CCCCC(CC)COc1cccc(OCC(CC)CCCC)c1O. The molecule has 0 fully saturated rings. The van der Waals surface area contributed by atoms with Crippen LogP contribution in [0.25, 0.3) is 0 Å². The van der Waals surface area contributed by atoms with Gasteiger partial charge in [0.2, 0.25) is 5.75 Å². The molecular formula is C22H38O3. The van der Waals surface area contributed by atoms with Crippen LogP contribution in [0.1, 0.15) is 79.1 Å². The van der Waals surface area contributed by atoms with Gasteiger partial charge < -0.3 is 14.6 Å². The van der Waals surface area contributed by atoms with E-state index < -0.39 is 0 Å². The molecule has 0 spiro atoms. The molecule has 0 aliphatic heterocycles. The predicted octanol–water partition coefficient (Wildman–Crippen LogP) is 6.58. The number of hydrogen-bond donors (Lipinski definition) is 1.